The Labute approximate surface area is 221 Å². The van der Waals surface area contributed by atoms with Gasteiger partial charge in [-0.15, -0.1) is 0 Å². The van der Waals surface area contributed by atoms with Crippen LogP contribution in [0.4, 0.5) is 19.5 Å². The van der Waals surface area contributed by atoms with Crippen LogP contribution in [0.3, 0.4) is 0 Å². The molecule has 0 radical (unpaired) electrons. The van der Waals surface area contributed by atoms with Gasteiger partial charge in [0.05, 0.1) is 25.0 Å². The van der Waals surface area contributed by atoms with E-state index in [1.807, 2.05) is 4.90 Å². The summed E-state index contributed by atoms with van der Waals surface area (Å²) in [6.07, 6.45) is 6.87. The Morgan fingerprint density at radius 3 is 2.55 bits per heavy atom. The van der Waals surface area contributed by atoms with Crippen molar-refractivity contribution in [1.82, 2.24) is 20.2 Å². The molecule has 3 heterocycles. The van der Waals surface area contributed by atoms with Crippen molar-refractivity contribution in [1.29, 1.82) is 5.26 Å². The summed E-state index contributed by atoms with van der Waals surface area (Å²) in [5.74, 6) is 0.161. The number of benzene rings is 1. The van der Waals surface area contributed by atoms with E-state index in [9.17, 15) is 13.6 Å². The molecule has 4 rings (SSSR count). The molecule has 1 aromatic carbocycles. The first-order valence-corrected chi connectivity index (χ1v) is 12.9. The minimum absolute atomic E-state index is 0.224. The average molecular weight is 529 g/mol. The standard InChI is InChI=1S/C27H34F2N6O3/c1-27(2,3)38-26(36)33-24-15-35(14-20(24)10-19-11-21(28)4-5-23(19)29)25-31-12-22(13-32-25)37-16-18-6-8-34(17-30)9-7-18/h4-5,11-13,18,20,24H,6-10,14-16H2,1-3H3,(H,33,36). The zero-order valence-corrected chi connectivity index (χ0v) is 22.0. The number of amides is 1. The predicted molar refractivity (Wildman–Crippen MR) is 136 cm³/mol. The van der Waals surface area contributed by atoms with Crippen molar-refractivity contribution in [3.05, 3.63) is 47.8 Å². The molecule has 2 aliphatic rings. The maximum absolute atomic E-state index is 14.4. The molecule has 204 valence electrons. The highest BCUT2D eigenvalue weighted by molar-refractivity contribution is 5.68. The molecule has 2 unspecified atom stereocenters. The summed E-state index contributed by atoms with van der Waals surface area (Å²) < 4.78 is 39.5. The van der Waals surface area contributed by atoms with Gasteiger partial charge >= 0.3 is 6.09 Å². The fourth-order valence-electron chi connectivity index (χ4n) is 4.81. The number of hydrogen-bond donors (Lipinski definition) is 1. The maximum atomic E-state index is 14.4. The number of piperidine rings is 1. The van der Waals surface area contributed by atoms with Crippen LogP contribution < -0.4 is 15.0 Å². The van der Waals surface area contributed by atoms with Crippen molar-refractivity contribution in [2.45, 2.75) is 51.7 Å². The molecule has 2 aromatic rings. The van der Waals surface area contributed by atoms with Crippen LogP contribution in [0.2, 0.25) is 0 Å². The third-order valence-corrected chi connectivity index (χ3v) is 6.77. The van der Waals surface area contributed by atoms with E-state index in [0.717, 1.165) is 38.1 Å². The number of anilines is 1. The van der Waals surface area contributed by atoms with Gasteiger partial charge in [0, 0.05) is 32.1 Å². The SMILES string of the molecule is CC(C)(C)OC(=O)NC1CN(c2ncc(OCC3CCN(C#N)CC3)cn2)CC1Cc1cc(F)ccc1F. The van der Waals surface area contributed by atoms with E-state index in [-0.39, 0.29) is 23.9 Å². The van der Waals surface area contributed by atoms with Crippen molar-refractivity contribution < 1.29 is 23.0 Å². The first-order chi connectivity index (χ1) is 18.1. The molecule has 2 atom stereocenters. The number of halogens is 2. The Bertz CT molecular complexity index is 1140. The molecule has 11 heteroatoms. The van der Waals surface area contributed by atoms with Gasteiger partial charge in [-0.1, -0.05) is 0 Å². The second-order valence-electron chi connectivity index (χ2n) is 10.9. The molecule has 1 N–H and O–H groups in total. The highest BCUT2D eigenvalue weighted by atomic mass is 19.1. The minimum Gasteiger partial charge on any atom is -0.490 e. The van der Waals surface area contributed by atoms with Gasteiger partial charge in [-0.05, 0) is 69.7 Å². The number of carbonyl (C=O) groups excluding carboxylic acids is 1. The topological polar surface area (TPSA) is 104 Å². The van der Waals surface area contributed by atoms with Gasteiger partial charge in [0.25, 0.3) is 0 Å². The number of likely N-dealkylation sites (tertiary alicyclic amines) is 1. The van der Waals surface area contributed by atoms with Crippen LogP contribution in [0.15, 0.2) is 30.6 Å². The first-order valence-electron chi connectivity index (χ1n) is 12.9. The smallest absolute Gasteiger partial charge is 0.407 e. The van der Waals surface area contributed by atoms with Gasteiger partial charge in [0.1, 0.15) is 17.2 Å². The molecular formula is C27H34F2N6O3. The lowest BCUT2D eigenvalue weighted by atomic mass is 9.94. The largest absolute Gasteiger partial charge is 0.490 e. The fourth-order valence-corrected chi connectivity index (χ4v) is 4.81. The fraction of sp³-hybridized carbons (Fsp3) is 0.556. The monoisotopic (exact) mass is 528 g/mol. The Morgan fingerprint density at radius 2 is 1.89 bits per heavy atom. The molecular weight excluding hydrogens is 494 g/mol. The van der Waals surface area contributed by atoms with E-state index in [2.05, 4.69) is 21.5 Å². The van der Waals surface area contributed by atoms with Crippen molar-refractivity contribution in [3.63, 3.8) is 0 Å². The molecule has 9 nitrogen and oxygen atoms in total. The molecule has 0 aliphatic carbocycles. The second kappa shape index (κ2) is 11.8. The van der Waals surface area contributed by atoms with Gasteiger partial charge < -0.3 is 24.6 Å². The molecule has 0 spiro atoms. The number of rotatable bonds is 7. The summed E-state index contributed by atoms with van der Waals surface area (Å²) in [7, 11) is 0. The van der Waals surface area contributed by atoms with Crippen molar-refractivity contribution in [3.8, 4) is 11.9 Å². The summed E-state index contributed by atoms with van der Waals surface area (Å²) in [5.41, 5.74) is -0.420. The molecule has 2 saturated heterocycles. The molecule has 1 aromatic heterocycles. The Hall–Kier alpha value is -3.68. The maximum Gasteiger partial charge on any atom is 0.407 e. The first kappa shape index (κ1) is 27.4. The summed E-state index contributed by atoms with van der Waals surface area (Å²) in [6, 6.07) is 3.01. The lowest BCUT2D eigenvalue weighted by Crippen LogP contribution is -2.43. The van der Waals surface area contributed by atoms with E-state index in [1.54, 1.807) is 38.1 Å². The summed E-state index contributed by atoms with van der Waals surface area (Å²) in [4.78, 5) is 25.1. The van der Waals surface area contributed by atoms with Crippen molar-refractivity contribution >= 4 is 12.0 Å². The van der Waals surface area contributed by atoms with Crippen LogP contribution >= 0.6 is 0 Å². The number of hydrogen-bond acceptors (Lipinski definition) is 8. The van der Waals surface area contributed by atoms with Crippen molar-refractivity contribution in [2.24, 2.45) is 11.8 Å². The van der Waals surface area contributed by atoms with Gasteiger partial charge in [0.2, 0.25) is 5.95 Å². The van der Waals surface area contributed by atoms with E-state index < -0.39 is 23.3 Å². The van der Waals surface area contributed by atoms with Crippen LogP contribution in [0.5, 0.6) is 5.75 Å². The minimum atomic E-state index is -0.668. The third-order valence-electron chi connectivity index (χ3n) is 6.77. The number of nitrogens with one attached hydrogen (secondary N) is 1. The normalized spacial score (nSPS) is 20.2. The summed E-state index contributed by atoms with van der Waals surface area (Å²) in [6.45, 7) is 8.18. The lowest BCUT2D eigenvalue weighted by molar-refractivity contribution is 0.0497. The van der Waals surface area contributed by atoms with E-state index >= 15 is 0 Å². The van der Waals surface area contributed by atoms with Crippen LogP contribution in [0.25, 0.3) is 0 Å². The van der Waals surface area contributed by atoms with E-state index in [0.29, 0.717) is 37.3 Å². The number of nitrogens with zero attached hydrogens (tertiary/aromatic N) is 5. The average Bonchev–Trinajstić information content (AvgIpc) is 3.26. The molecule has 38 heavy (non-hydrogen) atoms. The number of alkyl carbamates (subject to hydrolysis) is 1. The predicted octanol–water partition coefficient (Wildman–Crippen LogP) is 3.90. The van der Waals surface area contributed by atoms with Crippen LogP contribution in [-0.4, -0.2) is 65.4 Å². The van der Waals surface area contributed by atoms with Gasteiger partial charge in [-0.2, -0.15) is 5.26 Å². The highest BCUT2D eigenvalue weighted by Gasteiger charge is 2.36. The quantitative estimate of drug-likeness (QED) is 0.540. The number of aromatic nitrogens is 2. The Morgan fingerprint density at radius 1 is 1.18 bits per heavy atom. The molecule has 2 fully saturated rings. The molecule has 0 bridgehead atoms. The van der Waals surface area contributed by atoms with Crippen LogP contribution in [-0.2, 0) is 11.2 Å². The van der Waals surface area contributed by atoms with E-state index in [1.165, 1.54) is 6.07 Å². The molecule has 2 aliphatic heterocycles. The highest BCUT2D eigenvalue weighted by Crippen LogP contribution is 2.27. The summed E-state index contributed by atoms with van der Waals surface area (Å²) in [5, 5.41) is 11.9. The van der Waals surface area contributed by atoms with Crippen molar-refractivity contribution in [2.75, 3.05) is 37.7 Å². The van der Waals surface area contributed by atoms with Gasteiger partial charge in [-0.3, -0.25) is 0 Å². The summed E-state index contributed by atoms with van der Waals surface area (Å²) >= 11 is 0. The molecule has 0 saturated carbocycles. The Balaban J connectivity index is 1.40. The van der Waals surface area contributed by atoms with Crippen LogP contribution in [0.1, 0.15) is 39.2 Å². The number of nitriles is 1. The van der Waals surface area contributed by atoms with Gasteiger partial charge in [0.15, 0.2) is 11.9 Å². The second-order valence-corrected chi connectivity index (χ2v) is 10.9. The van der Waals surface area contributed by atoms with E-state index in [4.69, 9.17) is 14.7 Å². The zero-order chi connectivity index (χ0) is 27.3. The zero-order valence-electron chi connectivity index (χ0n) is 22.0. The molecule has 1 amide bonds. The van der Waals surface area contributed by atoms with Crippen LogP contribution in [0, 0.1) is 34.9 Å². The number of ether oxygens (including phenoxy) is 2. The lowest BCUT2D eigenvalue weighted by Gasteiger charge is -2.27. The third kappa shape index (κ3) is 7.43. The number of carbonyl (C=O) groups is 1. The Kier molecular flexibility index (Phi) is 8.49. The van der Waals surface area contributed by atoms with Gasteiger partial charge in [-0.25, -0.2) is 23.5 Å².